The molecular weight excluding hydrogens is 376 g/mol. The van der Waals surface area contributed by atoms with Gasteiger partial charge in [0.05, 0.1) is 17.3 Å². The molecule has 2 aromatic heterocycles. The summed E-state index contributed by atoms with van der Waals surface area (Å²) in [7, 11) is 0. The smallest absolute Gasteiger partial charge is 0.256 e. The van der Waals surface area contributed by atoms with Crippen molar-refractivity contribution in [2.24, 2.45) is 5.92 Å². The molecule has 4 heterocycles. The topological polar surface area (TPSA) is 67.2 Å². The van der Waals surface area contributed by atoms with E-state index in [1.807, 2.05) is 62.2 Å². The molecule has 2 aliphatic rings. The van der Waals surface area contributed by atoms with E-state index < -0.39 is 0 Å². The highest BCUT2D eigenvalue weighted by Crippen LogP contribution is 2.35. The number of benzene rings is 1. The first-order valence-electron chi connectivity index (χ1n) is 10.5. The van der Waals surface area contributed by atoms with Crippen molar-refractivity contribution in [3.05, 3.63) is 65.2 Å². The molecule has 7 heteroatoms. The van der Waals surface area contributed by atoms with E-state index in [1.165, 1.54) is 0 Å². The highest BCUT2D eigenvalue weighted by molar-refractivity contribution is 5.99. The van der Waals surface area contributed by atoms with Gasteiger partial charge in [0.2, 0.25) is 5.95 Å². The van der Waals surface area contributed by atoms with Crippen LogP contribution in [0.1, 0.15) is 33.7 Å². The molecule has 2 aliphatic heterocycles. The second-order valence-electron chi connectivity index (χ2n) is 8.39. The molecule has 0 spiro atoms. The quantitative estimate of drug-likeness (QED) is 0.674. The third kappa shape index (κ3) is 3.14. The zero-order valence-electron chi connectivity index (χ0n) is 17.6. The number of hydrogen-bond donors (Lipinski definition) is 0. The van der Waals surface area contributed by atoms with Crippen LogP contribution in [-0.2, 0) is 0 Å². The van der Waals surface area contributed by atoms with E-state index in [0.29, 0.717) is 11.5 Å². The van der Waals surface area contributed by atoms with E-state index >= 15 is 0 Å². The lowest BCUT2D eigenvalue weighted by molar-refractivity contribution is 0.00766. The van der Waals surface area contributed by atoms with Gasteiger partial charge in [0.25, 0.3) is 5.91 Å². The second kappa shape index (κ2) is 7.23. The number of fused-ring (bicyclic) bond motifs is 1. The predicted molar refractivity (Wildman–Crippen MR) is 115 cm³/mol. The number of anilines is 1. The van der Waals surface area contributed by atoms with Crippen molar-refractivity contribution in [3.8, 4) is 5.69 Å². The summed E-state index contributed by atoms with van der Waals surface area (Å²) in [6, 6.07) is 9.94. The number of hydrogen-bond acceptors (Lipinski definition) is 5. The molecule has 2 fully saturated rings. The highest BCUT2D eigenvalue weighted by atomic mass is 16.2. The summed E-state index contributed by atoms with van der Waals surface area (Å²) in [4.78, 5) is 27.0. The summed E-state index contributed by atoms with van der Waals surface area (Å²) in [6.07, 6.45) is 4.69. The summed E-state index contributed by atoms with van der Waals surface area (Å²) >= 11 is 0. The van der Waals surface area contributed by atoms with Gasteiger partial charge in [0, 0.05) is 49.3 Å². The van der Waals surface area contributed by atoms with Crippen LogP contribution in [0.2, 0.25) is 0 Å². The van der Waals surface area contributed by atoms with E-state index in [0.717, 1.165) is 54.6 Å². The van der Waals surface area contributed by atoms with Crippen molar-refractivity contribution in [2.45, 2.75) is 33.2 Å². The van der Waals surface area contributed by atoms with Gasteiger partial charge in [0.1, 0.15) is 0 Å². The Morgan fingerprint density at radius 1 is 1.07 bits per heavy atom. The minimum atomic E-state index is 0.0774. The van der Waals surface area contributed by atoms with Crippen molar-refractivity contribution in [1.82, 2.24) is 24.6 Å². The summed E-state index contributed by atoms with van der Waals surface area (Å²) in [5.74, 6) is 1.40. The average Bonchev–Trinajstić information content (AvgIpc) is 3.22. The highest BCUT2D eigenvalue weighted by Gasteiger charge is 2.46. The molecule has 0 aliphatic carbocycles. The van der Waals surface area contributed by atoms with Crippen molar-refractivity contribution in [1.29, 1.82) is 0 Å². The van der Waals surface area contributed by atoms with Crippen molar-refractivity contribution >= 4 is 11.9 Å². The minimum Gasteiger partial charge on any atom is -0.339 e. The summed E-state index contributed by atoms with van der Waals surface area (Å²) < 4.78 is 1.79. The van der Waals surface area contributed by atoms with Crippen molar-refractivity contribution < 1.29 is 4.79 Å². The van der Waals surface area contributed by atoms with Crippen LogP contribution in [0.15, 0.2) is 42.7 Å². The maximum atomic E-state index is 13.5. The molecule has 0 N–H and O–H groups in total. The number of carbonyl (C=O) groups excluding carboxylic acids is 1. The van der Waals surface area contributed by atoms with Gasteiger partial charge < -0.3 is 9.80 Å². The Kier molecular flexibility index (Phi) is 4.53. The number of carbonyl (C=O) groups is 1. The van der Waals surface area contributed by atoms with Gasteiger partial charge >= 0.3 is 0 Å². The van der Waals surface area contributed by atoms with Crippen LogP contribution in [0.4, 0.5) is 5.95 Å². The molecule has 0 saturated carbocycles. The monoisotopic (exact) mass is 402 g/mol. The van der Waals surface area contributed by atoms with E-state index in [1.54, 1.807) is 10.9 Å². The molecule has 30 heavy (non-hydrogen) atoms. The third-order valence-electron chi connectivity index (χ3n) is 6.27. The summed E-state index contributed by atoms with van der Waals surface area (Å²) in [5.41, 5.74) is 4.56. The van der Waals surface area contributed by atoms with Gasteiger partial charge in [-0.3, -0.25) is 4.79 Å². The Balaban J connectivity index is 1.41. The van der Waals surface area contributed by atoms with Crippen LogP contribution < -0.4 is 4.90 Å². The van der Waals surface area contributed by atoms with E-state index in [4.69, 9.17) is 0 Å². The van der Waals surface area contributed by atoms with E-state index in [9.17, 15) is 4.79 Å². The Labute approximate surface area is 176 Å². The number of likely N-dealkylation sites (tertiary alicyclic amines) is 1. The SMILES string of the molecule is Cc1cc(C)nc(N2CC[C@@H]3CN(C(=O)c4cccc(C)c4-n4cccn4)[C@@H]3C2)n1. The number of aromatic nitrogens is 4. The van der Waals surface area contributed by atoms with Gasteiger partial charge in [-0.1, -0.05) is 12.1 Å². The number of nitrogens with zero attached hydrogens (tertiary/aromatic N) is 6. The first-order chi connectivity index (χ1) is 14.5. The number of para-hydroxylation sites is 1. The number of rotatable bonds is 3. The maximum Gasteiger partial charge on any atom is 0.256 e. The number of amides is 1. The molecule has 1 amide bonds. The lowest BCUT2D eigenvalue weighted by Crippen LogP contribution is -2.66. The Hall–Kier alpha value is -3.22. The van der Waals surface area contributed by atoms with Crippen molar-refractivity contribution in [2.75, 3.05) is 24.5 Å². The lowest BCUT2D eigenvalue weighted by atomic mass is 9.81. The molecule has 3 aromatic rings. The molecule has 0 unspecified atom stereocenters. The molecule has 0 bridgehead atoms. The number of aryl methyl sites for hydroxylation is 3. The molecule has 2 saturated heterocycles. The molecule has 2 atom stereocenters. The van der Waals surface area contributed by atoms with Crippen molar-refractivity contribution in [3.63, 3.8) is 0 Å². The largest absolute Gasteiger partial charge is 0.339 e. The van der Waals surface area contributed by atoms with Gasteiger partial charge in [0.15, 0.2) is 0 Å². The van der Waals surface area contributed by atoms with Crippen LogP contribution in [0, 0.1) is 26.7 Å². The van der Waals surface area contributed by atoms with Crippen LogP contribution in [0.25, 0.3) is 5.69 Å². The number of piperidine rings is 1. The lowest BCUT2D eigenvalue weighted by Gasteiger charge is -2.53. The summed E-state index contributed by atoms with van der Waals surface area (Å²) in [5, 5.41) is 4.36. The normalized spacial score (nSPS) is 20.6. The Morgan fingerprint density at radius 2 is 1.87 bits per heavy atom. The Morgan fingerprint density at radius 3 is 2.60 bits per heavy atom. The van der Waals surface area contributed by atoms with Gasteiger partial charge in [-0.15, -0.1) is 0 Å². The van der Waals surface area contributed by atoms with Gasteiger partial charge in [-0.2, -0.15) is 5.10 Å². The fourth-order valence-corrected chi connectivity index (χ4v) is 4.75. The van der Waals surface area contributed by atoms with E-state index in [2.05, 4.69) is 20.0 Å². The van der Waals surface area contributed by atoms with Crippen LogP contribution in [0.5, 0.6) is 0 Å². The van der Waals surface area contributed by atoms with Gasteiger partial charge in [-0.05, 0) is 51.0 Å². The van der Waals surface area contributed by atoms with Crippen LogP contribution in [-0.4, -0.2) is 56.2 Å². The Bertz CT molecular complexity index is 1070. The standard InChI is InChI=1S/C23H26N6O/c1-15-6-4-7-19(21(15)29-10-5-9-24-29)22(30)28-13-18-8-11-27(14-20(18)28)23-25-16(2)12-17(3)26-23/h4-7,9-10,12,18,20H,8,11,13-14H2,1-3H3/t18-,20-/m1/s1. The first kappa shape index (κ1) is 18.8. The molecule has 0 radical (unpaired) electrons. The molecule has 1 aromatic carbocycles. The molecule has 5 rings (SSSR count). The zero-order chi connectivity index (χ0) is 20.8. The molecule has 154 valence electrons. The van der Waals surface area contributed by atoms with E-state index in [-0.39, 0.29) is 11.9 Å². The fraction of sp³-hybridized carbons (Fsp3) is 0.391. The zero-order valence-corrected chi connectivity index (χ0v) is 17.6. The maximum absolute atomic E-state index is 13.5. The minimum absolute atomic E-state index is 0.0774. The van der Waals surface area contributed by atoms with Gasteiger partial charge in [-0.25, -0.2) is 14.6 Å². The molecular formula is C23H26N6O. The average molecular weight is 403 g/mol. The fourth-order valence-electron chi connectivity index (χ4n) is 4.75. The third-order valence-corrected chi connectivity index (χ3v) is 6.27. The first-order valence-corrected chi connectivity index (χ1v) is 10.5. The van der Waals surface area contributed by atoms with Crippen LogP contribution >= 0.6 is 0 Å². The molecule has 7 nitrogen and oxygen atoms in total. The van der Waals surface area contributed by atoms with Crippen LogP contribution in [0.3, 0.4) is 0 Å². The second-order valence-corrected chi connectivity index (χ2v) is 8.39. The predicted octanol–water partition coefficient (Wildman–Crippen LogP) is 2.94. The summed E-state index contributed by atoms with van der Waals surface area (Å²) in [6.45, 7) is 8.55.